The highest BCUT2D eigenvalue weighted by Gasteiger charge is 2.36. The van der Waals surface area contributed by atoms with E-state index in [-0.39, 0.29) is 17.7 Å². The Labute approximate surface area is 111 Å². The first kappa shape index (κ1) is 11.9. The summed E-state index contributed by atoms with van der Waals surface area (Å²) in [7, 11) is 0. The molecule has 3 nitrogen and oxygen atoms in total. The molecule has 3 rings (SSSR count). The summed E-state index contributed by atoms with van der Waals surface area (Å²) in [6, 6.07) is 6.98. The molecule has 1 aromatic rings. The summed E-state index contributed by atoms with van der Waals surface area (Å²) in [5.74, 6) is -0.154. The fraction of sp³-hybridized carbons (Fsp3) is 0.250. The molecular formula is C16H14O3. The van der Waals surface area contributed by atoms with E-state index >= 15 is 0 Å². The number of hydrogen-bond acceptors (Lipinski definition) is 3. The molecule has 0 fully saturated rings. The Morgan fingerprint density at radius 1 is 1.11 bits per heavy atom. The van der Waals surface area contributed by atoms with Crippen LogP contribution in [0.15, 0.2) is 47.7 Å². The fourth-order valence-electron chi connectivity index (χ4n) is 2.64. The number of ether oxygens (including phenoxy) is 1. The number of carbonyl (C=O) groups is 2. The number of benzene rings is 1. The van der Waals surface area contributed by atoms with Crippen molar-refractivity contribution in [3.8, 4) is 0 Å². The quantitative estimate of drug-likeness (QED) is 0.814. The van der Waals surface area contributed by atoms with Crippen molar-refractivity contribution >= 4 is 11.6 Å². The van der Waals surface area contributed by atoms with Crippen LogP contribution >= 0.6 is 0 Å². The second-order valence-electron chi connectivity index (χ2n) is 4.75. The van der Waals surface area contributed by atoms with Crippen LogP contribution in [0.1, 0.15) is 40.5 Å². The highest BCUT2D eigenvalue weighted by atomic mass is 16.5. The highest BCUT2D eigenvalue weighted by molar-refractivity contribution is 6.28. The van der Waals surface area contributed by atoms with Gasteiger partial charge < -0.3 is 4.74 Å². The van der Waals surface area contributed by atoms with Gasteiger partial charge in [-0.15, -0.1) is 0 Å². The molecule has 0 saturated heterocycles. The van der Waals surface area contributed by atoms with Crippen molar-refractivity contribution in [1.29, 1.82) is 0 Å². The van der Waals surface area contributed by atoms with Crippen LogP contribution in [0.2, 0.25) is 0 Å². The van der Waals surface area contributed by atoms with E-state index in [4.69, 9.17) is 4.74 Å². The Morgan fingerprint density at radius 2 is 1.79 bits per heavy atom. The van der Waals surface area contributed by atoms with Gasteiger partial charge in [0.15, 0.2) is 11.6 Å². The summed E-state index contributed by atoms with van der Waals surface area (Å²) in [6.07, 6.45) is 4.48. The first-order chi connectivity index (χ1) is 9.24. The summed E-state index contributed by atoms with van der Waals surface area (Å²) in [5, 5.41) is 0. The molecule has 1 aliphatic carbocycles. The topological polar surface area (TPSA) is 43.4 Å². The van der Waals surface area contributed by atoms with Gasteiger partial charge >= 0.3 is 0 Å². The van der Waals surface area contributed by atoms with E-state index in [1.807, 2.05) is 6.92 Å². The molecule has 19 heavy (non-hydrogen) atoms. The SMILES string of the molecule is CCCC1OC=CC2=C1C(=O)c1ccccc1C2=O. The predicted molar refractivity (Wildman–Crippen MR) is 71.1 cm³/mol. The third kappa shape index (κ3) is 1.73. The van der Waals surface area contributed by atoms with Crippen molar-refractivity contribution in [3.05, 3.63) is 58.9 Å². The second-order valence-corrected chi connectivity index (χ2v) is 4.75. The van der Waals surface area contributed by atoms with Gasteiger partial charge in [0, 0.05) is 16.7 Å². The van der Waals surface area contributed by atoms with Gasteiger partial charge in [-0.05, 0) is 12.5 Å². The Kier molecular flexibility index (Phi) is 2.82. The van der Waals surface area contributed by atoms with Crippen LogP contribution in [0.25, 0.3) is 0 Å². The van der Waals surface area contributed by atoms with Crippen LogP contribution < -0.4 is 0 Å². The minimum atomic E-state index is -0.296. The lowest BCUT2D eigenvalue weighted by Crippen LogP contribution is -2.31. The third-order valence-electron chi connectivity index (χ3n) is 3.55. The van der Waals surface area contributed by atoms with E-state index in [2.05, 4.69) is 0 Å². The number of rotatable bonds is 2. The van der Waals surface area contributed by atoms with E-state index in [1.165, 1.54) is 6.26 Å². The molecule has 0 spiro atoms. The normalized spacial score (nSPS) is 21.0. The molecule has 1 atom stereocenters. The average Bonchev–Trinajstić information content (AvgIpc) is 2.45. The number of fused-ring (bicyclic) bond motifs is 1. The maximum absolute atomic E-state index is 12.6. The van der Waals surface area contributed by atoms with E-state index < -0.39 is 0 Å². The van der Waals surface area contributed by atoms with Gasteiger partial charge in [-0.2, -0.15) is 0 Å². The zero-order valence-electron chi connectivity index (χ0n) is 10.7. The second kappa shape index (κ2) is 4.50. The van der Waals surface area contributed by atoms with Gasteiger partial charge in [0.25, 0.3) is 0 Å². The maximum Gasteiger partial charge on any atom is 0.194 e. The van der Waals surface area contributed by atoms with Crippen LogP contribution in [-0.2, 0) is 4.74 Å². The molecule has 0 bridgehead atoms. The molecule has 96 valence electrons. The molecule has 0 saturated carbocycles. The predicted octanol–water partition coefficient (Wildman–Crippen LogP) is 3.07. The Morgan fingerprint density at radius 3 is 2.47 bits per heavy atom. The summed E-state index contributed by atoms with van der Waals surface area (Å²) in [6.45, 7) is 2.03. The van der Waals surface area contributed by atoms with Crippen LogP contribution in [0.4, 0.5) is 0 Å². The molecule has 0 N–H and O–H groups in total. The Balaban J connectivity index is 2.16. The molecule has 0 aromatic heterocycles. The highest BCUT2D eigenvalue weighted by Crippen LogP contribution is 2.33. The molecule has 1 heterocycles. The first-order valence-corrected chi connectivity index (χ1v) is 6.48. The smallest absolute Gasteiger partial charge is 0.194 e. The van der Waals surface area contributed by atoms with Crippen molar-refractivity contribution in [2.24, 2.45) is 0 Å². The zero-order valence-corrected chi connectivity index (χ0v) is 10.7. The van der Waals surface area contributed by atoms with E-state index in [1.54, 1.807) is 30.3 Å². The minimum absolute atomic E-state index is 0.0759. The number of ketones is 2. The van der Waals surface area contributed by atoms with Gasteiger partial charge in [-0.25, -0.2) is 0 Å². The van der Waals surface area contributed by atoms with Crippen LogP contribution in [0.3, 0.4) is 0 Å². The zero-order chi connectivity index (χ0) is 13.4. The summed E-state index contributed by atoms with van der Waals surface area (Å²) in [5.41, 5.74) is 2.00. The van der Waals surface area contributed by atoms with Crippen LogP contribution in [0, 0.1) is 0 Å². The summed E-state index contributed by atoms with van der Waals surface area (Å²) >= 11 is 0. The molecule has 2 aliphatic rings. The first-order valence-electron chi connectivity index (χ1n) is 6.48. The number of allylic oxidation sites excluding steroid dienone is 2. The average molecular weight is 254 g/mol. The molecule has 1 aliphatic heterocycles. The standard InChI is InChI=1S/C16H14O3/c1-2-5-13-14-12(8-9-19-13)15(17)10-6-3-4-7-11(10)16(14)18/h3-4,6-9,13H,2,5H2,1H3. The molecular weight excluding hydrogens is 240 g/mol. The lowest BCUT2D eigenvalue weighted by atomic mass is 9.80. The lowest BCUT2D eigenvalue weighted by molar-refractivity contribution is 0.0907. The van der Waals surface area contributed by atoms with Crippen LogP contribution in [-0.4, -0.2) is 17.7 Å². The van der Waals surface area contributed by atoms with Crippen molar-refractivity contribution in [1.82, 2.24) is 0 Å². The van der Waals surface area contributed by atoms with Crippen molar-refractivity contribution in [2.75, 3.05) is 0 Å². The van der Waals surface area contributed by atoms with Gasteiger partial charge in [0.2, 0.25) is 0 Å². The van der Waals surface area contributed by atoms with E-state index in [0.717, 1.165) is 12.8 Å². The molecule has 1 unspecified atom stereocenters. The Bertz CT molecular complexity index is 623. The van der Waals surface area contributed by atoms with Crippen molar-refractivity contribution in [2.45, 2.75) is 25.9 Å². The minimum Gasteiger partial charge on any atom is -0.493 e. The van der Waals surface area contributed by atoms with Gasteiger partial charge in [0.1, 0.15) is 6.10 Å². The molecule has 3 heteroatoms. The van der Waals surface area contributed by atoms with Crippen molar-refractivity contribution < 1.29 is 14.3 Å². The maximum atomic E-state index is 12.6. The van der Waals surface area contributed by atoms with Gasteiger partial charge in [-0.3, -0.25) is 9.59 Å². The molecule has 0 amide bonds. The Hall–Kier alpha value is -2.16. The van der Waals surface area contributed by atoms with E-state index in [0.29, 0.717) is 22.3 Å². The van der Waals surface area contributed by atoms with E-state index in [9.17, 15) is 9.59 Å². The summed E-state index contributed by atoms with van der Waals surface area (Å²) < 4.78 is 5.51. The summed E-state index contributed by atoms with van der Waals surface area (Å²) in [4.78, 5) is 25.0. The lowest BCUT2D eigenvalue weighted by Gasteiger charge is -2.28. The van der Waals surface area contributed by atoms with Crippen molar-refractivity contribution in [3.63, 3.8) is 0 Å². The number of carbonyl (C=O) groups excluding carboxylic acids is 2. The largest absolute Gasteiger partial charge is 0.493 e. The fourth-order valence-corrected chi connectivity index (χ4v) is 2.64. The number of hydrogen-bond donors (Lipinski definition) is 0. The van der Waals surface area contributed by atoms with Crippen LogP contribution in [0.5, 0.6) is 0 Å². The monoisotopic (exact) mass is 254 g/mol. The van der Waals surface area contributed by atoms with Gasteiger partial charge in [0.05, 0.1) is 11.8 Å². The number of Topliss-reactive ketones (excluding diaryl/α,β-unsaturated/α-hetero) is 2. The third-order valence-corrected chi connectivity index (χ3v) is 3.55. The molecule has 1 aromatic carbocycles. The van der Waals surface area contributed by atoms with Gasteiger partial charge in [-0.1, -0.05) is 37.6 Å². The molecule has 0 radical (unpaired) electrons.